The minimum absolute atomic E-state index is 0.0775. The molecule has 0 spiro atoms. The number of rotatable bonds is 0. The normalized spacial score (nSPS) is 52.9. The second kappa shape index (κ2) is 1.47. The van der Waals surface area contributed by atoms with Crippen LogP contribution in [0.2, 0.25) is 0 Å². The van der Waals surface area contributed by atoms with Crippen LogP contribution in [0.25, 0.3) is 0 Å². The Morgan fingerprint density at radius 1 is 1.12 bits per heavy atom. The van der Waals surface area contributed by atoms with E-state index in [-0.39, 0.29) is 6.10 Å². The maximum Gasteiger partial charge on any atom is 0.0571 e. The van der Waals surface area contributed by atoms with Crippen molar-refractivity contribution in [3.05, 3.63) is 0 Å². The molecule has 2 fully saturated rings. The molecular weight excluding hydrogens is 100 g/mol. The van der Waals surface area contributed by atoms with Gasteiger partial charge in [-0.1, -0.05) is 0 Å². The maximum atomic E-state index is 9.22. The molecule has 0 amide bonds. The molecule has 1 N–H and O–H groups in total. The largest absolute Gasteiger partial charge is 0.393 e. The Labute approximate surface area is 49.7 Å². The van der Waals surface area contributed by atoms with Crippen molar-refractivity contribution in [2.75, 3.05) is 0 Å². The molecule has 8 heavy (non-hydrogen) atoms. The lowest BCUT2D eigenvalue weighted by molar-refractivity contribution is 0.113. The third kappa shape index (κ3) is 0.510. The fraction of sp³-hybridized carbons (Fsp3) is 1.00. The Balaban J connectivity index is 2.11. The molecule has 0 aromatic rings. The highest BCUT2D eigenvalue weighted by atomic mass is 16.3. The summed E-state index contributed by atoms with van der Waals surface area (Å²) < 4.78 is 0. The number of aliphatic hydroxyl groups excluding tert-OH is 1. The van der Waals surface area contributed by atoms with E-state index in [1.807, 2.05) is 0 Å². The molecule has 2 aliphatic carbocycles. The monoisotopic (exact) mass is 112 g/mol. The first-order chi connectivity index (χ1) is 3.86. The minimum Gasteiger partial charge on any atom is -0.393 e. The standard InChI is InChI=1S/C7H12O/c8-7-4-5-1-2-6(7)3-5/h5-8H,1-4H2/t5?,6-,7?/m0/s1. The third-order valence-corrected chi connectivity index (χ3v) is 2.70. The van der Waals surface area contributed by atoms with Gasteiger partial charge in [-0.3, -0.25) is 0 Å². The Bertz CT molecular complexity index is 98.6. The summed E-state index contributed by atoms with van der Waals surface area (Å²) in [5.74, 6) is 1.59. The zero-order chi connectivity index (χ0) is 5.56. The van der Waals surface area contributed by atoms with Crippen LogP contribution in [0.3, 0.4) is 0 Å². The Morgan fingerprint density at radius 2 is 2.00 bits per heavy atom. The molecule has 1 heteroatoms. The van der Waals surface area contributed by atoms with Gasteiger partial charge in [0.1, 0.15) is 0 Å². The van der Waals surface area contributed by atoms with Gasteiger partial charge in [-0.05, 0) is 37.5 Å². The van der Waals surface area contributed by atoms with E-state index in [1.54, 1.807) is 0 Å². The SMILES string of the molecule is OC1CC2CC[C@H]1C2. The van der Waals surface area contributed by atoms with Gasteiger partial charge in [0.25, 0.3) is 0 Å². The summed E-state index contributed by atoms with van der Waals surface area (Å²) in [4.78, 5) is 0. The van der Waals surface area contributed by atoms with Gasteiger partial charge in [-0.2, -0.15) is 0 Å². The smallest absolute Gasteiger partial charge is 0.0571 e. The fourth-order valence-corrected chi connectivity index (χ4v) is 2.21. The van der Waals surface area contributed by atoms with Crippen LogP contribution in [-0.4, -0.2) is 11.2 Å². The van der Waals surface area contributed by atoms with Crippen LogP contribution in [-0.2, 0) is 0 Å². The van der Waals surface area contributed by atoms with Gasteiger partial charge in [0.15, 0.2) is 0 Å². The summed E-state index contributed by atoms with van der Waals surface area (Å²) in [7, 11) is 0. The second-order valence-corrected chi connectivity index (χ2v) is 3.24. The Kier molecular flexibility index (Phi) is 0.884. The Morgan fingerprint density at radius 3 is 2.25 bits per heavy atom. The molecule has 2 saturated carbocycles. The first kappa shape index (κ1) is 4.80. The summed E-state index contributed by atoms with van der Waals surface area (Å²) in [5.41, 5.74) is 0. The predicted octanol–water partition coefficient (Wildman–Crippen LogP) is 1.17. The summed E-state index contributed by atoms with van der Waals surface area (Å²) in [6, 6.07) is 0. The third-order valence-electron chi connectivity index (χ3n) is 2.70. The lowest BCUT2D eigenvalue weighted by atomic mass is 9.98. The molecule has 2 aliphatic rings. The van der Waals surface area contributed by atoms with E-state index in [0.29, 0.717) is 5.92 Å². The van der Waals surface area contributed by atoms with E-state index >= 15 is 0 Å². The molecule has 0 aromatic carbocycles. The van der Waals surface area contributed by atoms with Gasteiger partial charge in [-0.25, -0.2) is 0 Å². The second-order valence-electron chi connectivity index (χ2n) is 3.24. The van der Waals surface area contributed by atoms with Crippen molar-refractivity contribution < 1.29 is 5.11 Å². The highest BCUT2D eigenvalue weighted by Gasteiger charge is 2.38. The van der Waals surface area contributed by atoms with E-state index in [2.05, 4.69) is 0 Å². The molecule has 1 nitrogen and oxygen atoms in total. The molecule has 2 unspecified atom stereocenters. The first-order valence-electron chi connectivity index (χ1n) is 3.54. The zero-order valence-corrected chi connectivity index (χ0v) is 5.01. The van der Waals surface area contributed by atoms with Gasteiger partial charge in [0.2, 0.25) is 0 Å². The summed E-state index contributed by atoms with van der Waals surface area (Å²) in [6.45, 7) is 0. The van der Waals surface area contributed by atoms with Gasteiger partial charge in [-0.15, -0.1) is 0 Å². The van der Waals surface area contributed by atoms with Gasteiger partial charge in [0, 0.05) is 0 Å². The molecule has 2 bridgehead atoms. The first-order valence-corrected chi connectivity index (χ1v) is 3.54. The number of fused-ring (bicyclic) bond motifs is 2. The van der Waals surface area contributed by atoms with E-state index in [1.165, 1.54) is 19.3 Å². The van der Waals surface area contributed by atoms with Crippen LogP contribution in [0.4, 0.5) is 0 Å². The minimum atomic E-state index is 0.0775. The molecule has 0 saturated heterocycles. The molecule has 0 heterocycles. The van der Waals surface area contributed by atoms with Crippen LogP contribution in [0.1, 0.15) is 25.7 Å². The molecule has 0 radical (unpaired) electrons. The van der Waals surface area contributed by atoms with Crippen molar-refractivity contribution in [2.45, 2.75) is 31.8 Å². The predicted molar refractivity (Wildman–Crippen MR) is 31.5 cm³/mol. The van der Waals surface area contributed by atoms with E-state index in [9.17, 15) is 5.11 Å². The number of hydrogen-bond donors (Lipinski definition) is 1. The van der Waals surface area contributed by atoms with Crippen LogP contribution in [0, 0.1) is 11.8 Å². The number of aliphatic hydroxyl groups is 1. The van der Waals surface area contributed by atoms with Crippen molar-refractivity contribution in [2.24, 2.45) is 11.8 Å². The Hall–Kier alpha value is -0.0400. The van der Waals surface area contributed by atoms with Crippen LogP contribution in [0.15, 0.2) is 0 Å². The van der Waals surface area contributed by atoms with Crippen molar-refractivity contribution in [3.63, 3.8) is 0 Å². The zero-order valence-electron chi connectivity index (χ0n) is 5.01. The van der Waals surface area contributed by atoms with E-state index in [4.69, 9.17) is 0 Å². The molecule has 0 aromatic heterocycles. The van der Waals surface area contributed by atoms with Gasteiger partial charge < -0.3 is 5.11 Å². The number of hydrogen-bond acceptors (Lipinski definition) is 1. The highest BCUT2D eigenvalue weighted by molar-refractivity contribution is 4.89. The summed E-state index contributed by atoms with van der Waals surface area (Å²) >= 11 is 0. The van der Waals surface area contributed by atoms with Crippen LogP contribution < -0.4 is 0 Å². The topological polar surface area (TPSA) is 20.2 Å². The molecule has 3 atom stereocenters. The average molecular weight is 112 g/mol. The quantitative estimate of drug-likeness (QED) is 0.498. The van der Waals surface area contributed by atoms with E-state index in [0.717, 1.165) is 12.3 Å². The van der Waals surface area contributed by atoms with Crippen molar-refractivity contribution >= 4 is 0 Å². The molecule has 46 valence electrons. The van der Waals surface area contributed by atoms with Crippen molar-refractivity contribution in [3.8, 4) is 0 Å². The van der Waals surface area contributed by atoms with Crippen LogP contribution in [0.5, 0.6) is 0 Å². The van der Waals surface area contributed by atoms with Crippen molar-refractivity contribution in [1.29, 1.82) is 0 Å². The highest BCUT2D eigenvalue weighted by Crippen LogP contribution is 2.44. The lowest BCUT2D eigenvalue weighted by Crippen LogP contribution is -2.14. The van der Waals surface area contributed by atoms with Gasteiger partial charge in [0.05, 0.1) is 6.10 Å². The maximum absolute atomic E-state index is 9.22. The molecular formula is C7H12O. The summed E-state index contributed by atoms with van der Waals surface area (Å²) in [6.07, 6.45) is 5.19. The average Bonchev–Trinajstić information content (AvgIpc) is 2.23. The van der Waals surface area contributed by atoms with E-state index < -0.39 is 0 Å². The van der Waals surface area contributed by atoms with Crippen LogP contribution >= 0.6 is 0 Å². The van der Waals surface area contributed by atoms with Crippen molar-refractivity contribution in [1.82, 2.24) is 0 Å². The van der Waals surface area contributed by atoms with Gasteiger partial charge >= 0.3 is 0 Å². The fourth-order valence-electron chi connectivity index (χ4n) is 2.21. The lowest BCUT2D eigenvalue weighted by Gasteiger charge is -2.14. The molecule has 2 rings (SSSR count). The molecule has 0 aliphatic heterocycles. The summed E-state index contributed by atoms with van der Waals surface area (Å²) in [5, 5.41) is 9.22.